The Hall–Kier alpha value is -1.32. The van der Waals surface area contributed by atoms with E-state index in [1.807, 2.05) is 12.1 Å². The number of hydrogen-bond acceptors (Lipinski definition) is 2. The summed E-state index contributed by atoms with van der Waals surface area (Å²) >= 11 is 0. The van der Waals surface area contributed by atoms with Crippen LogP contribution in [0.1, 0.15) is 24.8 Å². The van der Waals surface area contributed by atoms with Gasteiger partial charge in [-0.25, -0.2) is 0 Å². The fourth-order valence-electron chi connectivity index (χ4n) is 2.78. The van der Waals surface area contributed by atoms with Crippen molar-refractivity contribution in [3.8, 4) is 0 Å². The van der Waals surface area contributed by atoms with Crippen LogP contribution in [0.5, 0.6) is 0 Å². The average Bonchev–Trinajstić information content (AvgIpc) is 3.05. The van der Waals surface area contributed by atoms with Gasteiger partial charge in [0.15, 0.2) is 0 Å². The first-order chi connectivity index (χ1) is 8.88. The van der Waals surface area contributed by atoms with E-state index in [1.165, 1.54) is 18.4 Å². The Morgan fingerprint density at radius 3 is 3.06 bits per heavy atom. The third-order valence-corrected chi connectivity index (χ3v) is 3.79. The maximum absolute atomic E-state index is 9.32. The molecule has 3 heteroatoms. The van der Waals surface area contributed by atoms with E-state index >= 15 is 0 Å². The molecule has 96 valence electrons. The van der Waals surface area contributed by atoms with Crippen LogP contribution in [-0.2, 0) is 17.9 Å². The molecule has 1 aliphatic rings. The number of aliphatic hydroxyl groups excluding tert-OH is 1. The Morgan fingerprint density at radius 1 is 1.33 bits per heavy atom. The Balaban J connectivity index is 1.79. The number of rotatable bonds is 4. The number of fused-ring (bicyclic) bond motifs is 1. The monoisotopic (exact) mass is 245 g/mol. The molecule has 3 rings (SSSR count). The van der Waals surface area contributed by atoms with E-state index in [9.17, 15) is 5.11 Å². The number of aryl methyl sites for hydroxylation is 1. The molecule has 1 saturated heterocycles. The highest BCUT2D eigenvalue weighted by Gasteiger charge is 2.15. The van der Waals surface area contributed by atoms with E-state index in [4.69, 9.17) is 4.74 Å². The normalized spacial score (nSPS) is 19.7. The highest BCUT2D eigenvalue weighted by molar-refractivity contribution is 5.83. The van der Waals surface area contributed by atoms with Crippen LogP contribution >= 0.6 is 0 Å². The summed E-state index contributed by atoms with van der Waals surface area (Å²) in [6.45, 7) is 2.02. The summed E-state index contributed by atoms with van der Waals surface area (Å²) in [6, 6.07) is 8.20. The van der Waals surface area contributed by atoms with Gasteiger partial charge in [-0.15, -0.1) is 0 Å². The molecule has 1 aliphatic heterocycles. The minimum Gasteiger partial charge on any atom is -0.392 e. The van der Waals surface area contributed by atoms with Crippen molar-refractivity contribution >= 4 is 10.9 Å². The van der Waals surface area contributed by atoms with Crippen molar-refractivity contribution in [2.24, 2.45) is 0 Å². The molecule has 1 fully saturated rings. The third kappa shape index (κ3) is 2.16. The minimum absolute atomic E-state index is 0.104. The van der Waals surface area contributed by atoms with Crippen molar-refractivity contribution in [2.45, 2.75) is 38.5 Å². The van der Waals surface area contributed by atoms with Gasteiger partial charge in [0.25, 0.3) is 0 Å². The molecule has 1 atom stereocenters. The van der Waals surface area contributed by atoms with Crippen molar-refractivity contribution in [3.63, 3.8) is 0 Å². The first-order valence-corrected chi connectivity index (χ1v) is 6.67. The van der Waals surface area contributed by atoms with E-state index in [0.717, 1.165) is 30.5 Å². The molecule has 3 nitrogen and oxygen atoms in total. The van der Waals surface area contributed by atoms with Crippen LogP contribution in [0.3, 0.4) is 0 Å². The quantitative estimate of drug-likeness (QED) is 0.898. The summed E-state index contributed by atoms with van der Waals surface area (Å²) in [6.07, 6.45) is 6.02. The maximum Gasteiger partial charge on any atom is 0.0688 e. The lowest BCUT2D eigenvalue weighted by Crippen LogP contribution is -2.09. The van der Waals surface area contributed by atoms with Crippen LogP contribution in [0, 0.1) is 0 Å². The van der Waals surface area contributed by atoms with Gasteiger partial charge >= 0.3 is 0 Å². The summed E-state index contributed by atoms with van der Waals surface area (Å²) in [4.78, 5) is 0. The molecule has 1 aromatic carbocycles. The Labute approximate surface area is 107 Å². The van der Waals surface area contributed by atoms with Crippen LogP contribution in [-0.4, -0.2) is 22.4 Å². The minimum atomic E-state index is 0.104. The molecule has 0 saturated carbocycles. The molecule has 1 N–H and O–H groups in total. The predicted octanol–water partition coefficient (Wildman–Crippen LogP) is 2.70. The Morgan fingerprint density at radius 2 is 2.28 bits per heavy atom. The molecule has 0 radical (unpaired) electrons. The second-order valence-corrected chi connectivity index (χ2v) is 4.94. The van der Waals surface area contributed by atoms with E-state index < -0.39 is 0 Å². The van der Waals surface area contributed by atoms with Gasteiger partial charge in [-0.2, -0.15) is 0 Å². The second kappa shape index (κ2) is 5.12. The summed E-state index contributed by atoms with van der Waals surface area (Å²) in [5, 5.41) is 10.5. The molecule has 0 bridgehead atoms. The molecule has 1 unspecified atom stereocenters. The standard InChI is InChI=1S/C15H19NO2/c17-11-12-3-1-5-15-14(12)7-9-16(15)8-6-13-4-2-10-18-13/h1,3,5,7,9,13,17H,2,4,6,8,10-11H2. The van der Waals surface area contributed by atoms with Crippen LogP contribution < -0.4 is 0 Å². The van der Waals surface area contributed by atoms with E-state index in [-0.39, 0.29) is 6.61 Å². The van der Waals surface area contributed by atoms with E-state index in [2.05, 4.69) is 22.9 Å². The van der Waals surface area contributed by atoms with Gasteiger partial charge < -0.3 is 14.4 Å². The van der Waals surface area contributed by atoms with Crippen LogP contribution in [0.4, 0.5) is 0 Å². The number of nitrogens with zero attached hydrogens (tertiary/aromatic N) is 1. The number of ether oxygens (including phenoxy) is 1. The molecule has 0 spiro atoms. The van der Waals surface area contributed by atoms with Crippen LogP contribution in [0.2, 0.25) is 0 Å². The maximum atomic E-state index is 9.32. The lowest BCUT2D eigenvalue weighted by atomic mass is 10.1. The van der Waals surface area contributed by atoms with E-state index in [0.29, 0.717) is 6.10 Å². The summed E-state index contributed by atoms with van der Waals surface area (Å²) < 4.78 is 7.91. The number of aromatic nitrogens is 1. The van der Waals surface area contributed by atoms with Gasteiger partial charge in [-0.05, 0) is 37.0 Å². The molecule has 2 aromatic rings. The predicted molar refractivity (Wildman–Crippen MR) is 71.5 cm³/mol. The van der Waals surface area contributed by atoms with Crippen LogP contribution in [0.25, 0.3) is 10.9 Å². The number of aliphatic hydroxyl groups is 1. The molecule has 0 amide bonds. The highest BCUT2D eigenvalue weighted by Crippen LogP contribution is 2.22. The van der Waals surface area contributed by atoms with Gasteiger partial charge in [0.2, 0.25) is 0 Å². The average molecular weight is 245 g/mol. The lowest BCUT2D eigenvalue weighted by Gasteiger charge is -2.11. The Kier molecular flexibility index (Phi) is 3.35. The van der Waals surface area contributed by atoms with Gasteiger partial charge in [0.1, 0.15) is 0 Å². The van der Waals surface area contributed by atoms with Gasteiger partial charge in [0.05, 0.1) is 12.7 Å². The third-order valence-electron chi connectivity index (χ3n) is 3.79. The van der Waals surface area contributed by atoms with Crippen molar-refractivity contribution in [3.05, 3.63) is 36.0 Å². The number of hydrogen-bond donors (Lipinski definition) is 1. The van der Waals surface area contributed by atoms with Crippen LogP contribution in [0.15, 0.2) is 30.5 Å². The van der Waals surface area contributed by atoms with Crippen molar-refractivity contribution in [1.29, 1.82) is 0 Å². The molecule has 2 heterocycles. The zero-order valence-corrected chi connectivity index (χ0v) is 10.5. The van der Waals surface area contributed by atoms with Crippen molar-refractivity contribution in [2.75, 3.05) is 6.61 Å². The number of benzene rings is 1. The largest absolute Gasteiger partial charge is 0.392 e. The SMILES string of the molecule is OCc1cccc2c1ccn2CCC1CCCO1. The topological polar surface area (TPSA) is 34.4 Å². The van der Waals surface area contributed by atoms with Crippen molar-refractivity contribution in [1.82, 2.24) is 4.57 Å². The summed E-state index contributed by atoms with van der Waals surface area (Å²) in [5.41, 5.74) is 2.21. The summed E-state index contributed by atoms with van der Waals surface area (Å²) in [7, 11) is 0. The highest BCUT2D eigenvalue weighted by atomic mass is 16.5. The zero-order chi connectivity index (χ0) is 12.4. The lowest BCUT2D eigenvalue weighted by molar-refractivity contribution is 0.101. The van der Waals surface area contributed by atoms with Gasteiger partial charge in [-0.1, -0.05) is 12.1 Å². The summed E-state index contributed by atoms with van der Waals surface area (Å²) in [5.74, 6) is 0. The first-order valence-electron chi connectivity index (χ1n) is 6.67. The zero-order valence-electron chi connectivity index (χ0n) is 10.5. The smallest absolute Gasteiger partial charge is 0.0688 e. The first kappa shape index (κ1) is 11.8. The van der Waals surface area contributed by atoms with Gasteiger partial charge in [-0.3, -0.25) is 0 Å². The van der Waals surface area contributed by atoms with Crippen molar-refractivity contribution < 1.29 is 9.84 Å². The molecular weight excluding hydrogens is 226 g/mol. The molecule has 1 aromatic heterocycles. The fraction of sp³-hybridized carbons (Fsp3) is 0.467. The van der Waals surface area contributed by atoms with Gasteiger partial charge in [0, 0.05) is 30.3 Å². The molecule has 0 aliphatic carbocycles. The second-order valence-electron chi connectivity index (χ2n) is 4.94. The molecule has 18 heavy (non-hydrogen) atoms. The van der Waals surface area contributed by atoms with E-state index in [1.54, 1.807) is 0 Å². The Bertz CT molecular complexity index is 526. The fourth-order valence-corrected chi connectivity index (χ4v) is 2.78. The molecular formula is C15H19NO2.